The molecule has 0 aromatic heterocycles. The number of halogens is 5. The Hall–Kier alpha value is -3.93. The van der Waals surface area contributed by atoms with Crippen LogP contribution >= 0.6 is 35.8 Å². The van der Waals surface area contributed by atoms with Gasteiger partial charge in [0.2, 0.25) is 0 Å². The Morgan fingerprint density at radius 2 is 1.53 bits per heavy atom. The van der Waals surface area contributed by atoms with Crippen LogP contribution in [0.25, 0.3) is 5.57 Å². The molecule has 4 heterocycles. The minimum Gasteiger partial charge on any atom is -0.380 e. The molecule has 4 aliphatic heterocycles. The van der Waals surface area contributed by atoms with Crippen molar-refractivity contribution in [2.75, 3.05) is 127 Å². The highest BCUT2D eigenvalue weighted by Gasteiger charge is 2.49. The first-order valence-corrected chi connectivity index (χ1v) is 31.7. The van der Waals surface area contributed by atoms with Crippen LogP contribution in [0, 0.1) is 5.41 Å². The van der Waals surface area contributed by atoms with E-state index in [2.05, 4.69) is 54.2 Å². The van der Waals surface area contributed by atoms with Crippen molar-refractivity contribution in [3.05, 3.63) is 119 Å². The highest BCUT2D eigenvalue weighted by atomic mass is 35.5. The molecule has 22 heteroatoms. The van der Waals surface area contributed by atoms with Gasteiger partial charge in [0.1, 0.15) is 4.90 Å². The van der Waals surface area contributed by atoms with Crippen molar-refractivity contribution in [1.29, 1.82) is 0 Å². The number of nitrogens with one attached hydrogen (secondary N) is 3. The summed E-state index contributed by atoms with van der Waals surface area (Å²) in [6.45, 7) is 17.4. The van der Waals surface area contributed by atoms with Crippen molar-refractivity contribution in [3.63, 3.8) is 0 Å². The molecule has 2 atom stereocenters. The number of ether oxygens (including phenoxy) is 1. The summed E-state index contributed by atoms with van der Waals surface area (Å²) in [6, 6.07) is 26.8. The predicted molar refractivity (Wildman–Crippen MR) is 312 cm³/mol. The zero-order chi connectivity index (χ0) is 54.9. The fraction of sp³-hybridized carbons (Fsp3) is 0.526. The molecule has 4 aromatic rings. The third-order valence-corrected chi connectivity index (χ3v) is 20.4. The van der Waals surface area contributed by atoms with E-state index in [-0.39, 0.29) is 23.4 Å². The second kappa shape index (κ2) is 27.4. The van der Waals surface area contributed by atoms with Crippen molar-refractivity contribution in [2.24, 2.45) is 5.41 Å². The minimum atomic E-state index is -6.07. The van der Waals surface area contributed by atoms with Crippen LogP contribution in [0.3, 0.4) is 0 Å². The van der Waals surface area contributed by atoms with Gasteiger partial charge in [-0.05, 0) is 141 Å². The van der Waals surface area contributed by atoms with Gasteiger partial charge < -0.3 is 30.1 Å². The number of piperidine rings is 1. The van der Waals surface area contributed by atoms with Gasteiger partial charge in [0.25, 0.3) is 25.8 Å². The lowest BCUT2D eigenvalue weighted by Gasteiger charge is -2.46. The molecule has 3 N–H and O–H groups in total. The smallest absolute Gasteiger partial charge is 0.380 e. The summed E-state index contributed by atoms with van der Waals surface area (Å²) < 4.78 is 104. The number of thioether (sulfide) groups is 1. The summed E-state index contributed by atoms with van der Waals surface area (Å²) in [7, 11) is -10.9. The second-order valence-corrected chi connectivity index (χ2v) is 26.9. The average Bonchev–Trinajstić information content (AvgIpc) is 3.85. The number of hydrogen-bond acceptors (Lipinski definition) is 14. The molecule has 0 unspecified atom stereocenters. The third-order valence-electron chi connectivity index (χ3n) is 16.1. The highest BCUT2D eigenvalue weighted by Crippen LogP contribution is 2.44. The molecule has 5 aliphatic rings. The molecule has 1 amide bonds. The lowest BCUT2D eigenvalue weighted by Crippen LogP contribution is -2.54. The van der Waals surface area contributed by atoms with E-state index in [1.165, 1.54) is 53.4 Å². The van der Waals surface area contributed by atoms with E-state index in [0.717, 1.165) is 139 Å². The number of alkyl halides is 3. The summed E-state index contributed by atoms with van der Waals surface area (Å²) in [5.74, 6) is -0.651. The number of hydrogen-bond donors (Lipinski definition) is 3. The number of amides is 1. The lowest BCUT2D eigenvalue weighted by molar-refractivity contribution is -0.0435. The Balaban J connectivity index is 0.00000822. The number of sulfone groups is 1. The molecular formula is C57H75Cl2F3N8O6S3. The molecule has 0 radical (unpaired) electrons. The Morgan fingerprint density at radius 1 is 0.835 bits per heavy atom. The third kappa shape index (κ3) is 16.2. The maximum Gasteiger partial charge on any atom is 0.501 e. The summed E-state index contributed by atoms with van der Waals surface area (Å²) in [5.41, 5.74) is -0.995. The van der Waals surface area contributed by atoms with Crippen molar-refractivity contribution in [2.45, 2.75) is 84.1 Å². The molecule has 0 bridgehead atoms. The molecule has 1 aliphatic carbocycles. The number of nitrogens with zero attached hydrogens (tertiary/aromatic N) is 5. The van der Waals surface area contributed by atoms with Gasteiger partial charge in [0.05, 0.1) is 17.2 Å². The first kappa shape index (κ1) is 61.1. The SMILES string of the molecule is C[C@@]1(CN2CCN(C3CCNCC3)CC2)CCC(c2ccc(Cl)cc2)=C(CN2CCN(c3ccc(C(=O)NS(=O)(=O)c4ccc(N[C@H](CCN5CCCOCC5)CSc5ccccc5)c(S(=O)(=O)C(F)(F)F)c4)cc3)CC2)C1.Cl. The first-order chi connectivity index (χ1) is 37.4. The van der Waals surface area contributed by atoms with Crippen LogP contribution in [-0.2, 0) is 24.6 Å². The summed E-state index contributed by atoms with van der Waals surface area (Å²) in [5, 5.41) is 7.25. The standard InChI is InChI=1S/C57H74ClF3N8O6S3.ClH/c1-56(42-67-29-33-69(34-30-67)49-19-23-62-24-20-49)22-18-52(43-8-12-46(58)13-9-43)45(39-56)40-66-27-31-68(32-28-66)48-14-10-44(11-15-48)55(70)64-78(73,74)51-16-17-53(54(38-51)77(71,72)57(59,60)61)63-47(41-76-50-6-3-2-4-7-50)21-26-65-25-5-36-75-37-35-65;/h2-4,6-17,38,47,49,62-63H,5,18-37,39-42H2,1H3,(H,64,70);1H/t47-,56-;/m1./s1. The fourth-order valence-corrected chi connectivity index (χ4v) is 14.9. The number of anilines is 2. The van der Waals surface area contributed by atoms with Gasteiger partial charge in [-0.3, -0.25) is 14.6 Å². The van der Waals surface area contributed by atoms with Crippen molar-refractivity contribution >= 4 is 78.5 Å². The van der Waals surface area contributed by atoms with Gasteiger partial charge >= 0.3 is 5.51 Å². The Labute approximate surface area is 480 Å². The normalized spacial score (nSPS) is 21.5. The van der Waals surface area contributed by atoms with Crippen molar-refractivity contribution in [1.82, 2.24) is 29.6 Å². The molecule has 4 saturated heterocycles. The van der Waals surface area contributed by atoms with E-state index in [1.807, 2.05) is 47.2 Å². The van der Waals surface area contributed by atoms with Crippen molar-refractivity contribution < 1.29 is 39.5 Å². The van der Waals surface area contributed by atoms with Crippen molar-refractivity contribution in [3.8, 4) is 0 Å². The number of sulfonamides is 1. The van der Waals surface area contributed by atoms with E-state index in [0.29, 0.717) is 50.6 Å². The molecular weight excluding hydrogens is 1120 g/mol. The van der Waals surface area contributed by atoms with Gasteiger partial charge in [0.15, 0.2) is 0 Å². The molecule has 14 nitrogen and oxygen atoms in total. The van der Waals surface area contributed by atoms with E-state index >= 15 is 0 Å². The van der Waals surface area contributed by atoms with Gasteiger partial charge in [-0.1, -0.05) is 54.4 Å². The van der Waals surface area contributed by atoms with Gasteiger partial charge in [-0.25, -0.2) is 21.6 Å². The molecule has 4 aromatic carbocycles. The van der Waals surface area contributed by atoms with Gasteiger partial charge in [-0.15, -0.1) is 24.2 Å². The molecule has 9 rings (SSSR count). The predicted octanol–water partition coefficient (Wildman–Crippen LogP) is 8.99. The largest absolute Gasteiger partial charge is 0.501 e. The van der Waals surface area contributed by atoms with Crippen LogP contribution in [0.1, 0.15) is 67.8 Å². The zero-order valence-corrected chi connectivity index (χ0v) is 48.9. The summed E-state index contributed by atoms with van der Waals surface area (Å²) in [6.07, 6.45) is 6.91. The zero-order valence-electron chi connectivity index (χ0n) is 44.9. The maximum atomic E-state index is 14.3. The monoisotopic (exact) mass is 1190 g/mol. The molecule has 0 spiro atoms. The van der Waals surface area contributed by atoms with Crippen LogP contribution < -0.4 is 20.3 Å². The van der Waals surface area contributed by atoms with Crippen LogP contribution in [0.5, 0.6) is 0 Å². The average molecular weight is 1190 g/mol. The van der Waals surface area contributed by atoms with E-state index in [1.54, 1.807) is 12.1 Å². The van der Waals surface area contributed by atoms with Crippen LogP contribution in [-0.4, -0.2) is 177 Å². The van der Waals surface area contributed by atoms with Crippen LogP contribution in [0.15, 0.2) is 117 Å². The lowest BCUT2D eigenvalue weighted by atomic mass is 9.71. The molecule has 432 valence electrons. The molecule has 0 saturated carbocycles. The first-order valence-electron chi connectivity index (χ1n) is 27.4. The topological polar surface area (TPSA) is 147 Å². The fourth-order valence-electron chi connectivity index (χ4n) is 11.7. The Morgan fingerprint density at radius 3 is 2.23 bits per heavy atom. The number of allylic oxidation sites excluding steroid dienone is 1. The van der Waals surface area contributed by atoms with E-state index in [9.17, 15) is 34.8 Å². The Kier molecular flexibility index (Phi) is 21.2. The van der Waals surface area contributed by atoms with Crippen LogP contribution in [0.2, 0.25) is 5.02 Å². The van der Waals surface area contributed by atoms with E-state index in [4.69, 9.17) is 16.3 Å². The number of rotatable bonds is 19. The second-order valence-electron chi connectivity index (χ2n) is 21.8. The summed E-state index contributed by atoms with van der Waals surface area (Å²) in [4.78, 5) is 24.7. The van der Waals surface area contributed by atoms with Gasteiger partial charge in [-0.2, -0.15) is 13.2 Å². The van der Waals surface area contributed by atoms with E-state index < -0.39 is 52.8 Å². The summed E-state index contributed by atoms with van der Waals surface area (Å²) >= 11 is 7.80. The quantitative estimate of drug-likeness (QED) is 0.0768. The highest BCUT2D eigenvalue weighted by molar-refractivity contribution is 7.99. The van der Waals surface area contributed by atoms with Crippen LogP contribution in [0.4, 0.5) is 24.5 Å². The Bertz CT molecular complexity index is 2900. The number of piperazine rings is 2. The number of benzene rings is 4. The van der Waals surface area contributed by atoms with Gasteiger partial charge in [0, 0.05) is 131 Å². The number of carbonyl (C=O) groups is 1. The maximum absolute atomic E-state index is 14.3. The minimum absolute atomic E-state index is 0. The number of carbonyl (C=O) groups excluding carboxylic acids is 1. The molecule has 4 fully saturated rings. The molecule has 79 heavy (non-hydrogen) atoms.